The molecule has 1 fully saturated rings. The van der Waals surface area contributed by atoms with Crippen molar-refractivity contribution >= 4 is 0 Å². The van der Waals surface area contributed by atoms with Gasteiger partial charge in [0.05, 0.1) is 13.2 Å². The third-order valence-corrected chi connectivity index (χ3v) is 1.78. The van der Waals surface area contributed by atoms with E-state index in [-0.39, 0.29) is 6.92 Å². The standard InChI is InChI=1S/C7H15NO.C2H3F3.C2H6/c1-7(2)8-3-5-9-6-4-8;1-2(3,4)5;1-2/h7H,3-6H2,1-2H3;1H3;1-2H3. The zero-order chi connectivity index (χ0) is 13.2. The highest BCUT2D eigenvalue weighted by atomic mass is 19.4. The molecule has 1 saturated heterocycles. The van der Waals surface area contributed by atoms with Crippen LogP contribution in [0.2, 0.25) is 0 Å². The molecule has 0 spiro atoms. The minimum atomic E-state index is -4.00. The van der Waals surface area contributed by atoms with Gasteiger partial charge >= 0.3 is 6.18 Å². The van der Waals surface area contributed by atoms with Gasteiger partial charge in [0.25, 0.3) is 0 Å². The quantitative estimate of drug-likeness (QED) is 0.700. The summed E-state index contributed by atoms with van der Waals surface area (Å²) in [5, 5.41) is 0. The molecule has 0 N–H and O–H groups in total. The topological polar surface area (TPSA) is 12.5 Å². The zero-order valence-corrected chi connectivity index (χ0v) is 10.9. The summed E-state index contributed by atoms with van der Waals surface area (Å²) in [5.74, 6) is 0. The number of hydrogen-bond acceptors (Lipinski definition) is 2. The Labute approximate surface area is 96.8 Å². The highest BCUT2D eigenvalue weighted by Gasteiger charge is 2.15. The molecule has 5 heteroatoms. The van der Waals surface area contributed by atoms with Gasteiger partial charge in [0, 0.05) is 26.1 Å². The predicted molar refractivity (Wildman–Crippen MR) is 60.6 cm³/mol. The molecule has 0 amide bonds. The number of rotatable bonds is 1. The second-order valence-electron chi connectivity index (χ2n) is 3.52. The molecular weight excluding hydrogens is 219 g/mol. The van der Waals surface area contributed by atoms with Crippen molar-refractivity contribution in [1.82, 2.24) is 4.90 Å². The van der Waals surface area contributed by atoms with Crippen LogP contribution in [-0.2, 0) is 4.74 Å². The summed E-state index contributed by atoms with van der Waals surface area (Å²) in [6.07, 6.45) is -4.00. The second kappa shape index (κ2) is 9.90. The van der Waals surface area contributed by atoms with Crippen LogP contribution in [0.25, 0.3) is 0 Å². The Kier molecular flexibility index (Phi) is 11.2. The molecule has 0 aliphatic carbocycles. The van der Waals surface area contributed by atoms with Gasteiger partial charge in [-0.25, -0.2) is 0 Å². The SMILES string of the molecule is CC.CC(C)N1CCOCC1.CC(F)(F)F. The fourth-order valence-corrected chi connectivity index (χ4v) is 1.09. The van der Waals surface area contributed by atoms with Crippen LogP contribution in [0.15, 0.2) is 0 Å². The summed E-state index contributed by atoms with van der Waals surface area (Å²) in [4.78, 5) is 2.43. The van der Waals surface area contributed by atoms with Crippen molar-refractivity contribution in [2.75, 3.05) is 26.3 Å². The lowest BCUT2D eigenvalue weighted by atomic mass is 10.3. The van der Waals surface area contributed by atoms with Crippen LogP contribution in [0, 0.1) is 0 Å². The van der Waals surface area contributed by atoms with Crippen LogP contribution in [0.3, 0.4) is 0 Å². The predicted octanol–water partition coefficient (Wildman–Crippen LogP) is 3.32. The fourth-order valence-electron chi connectivity index (χ4n) is 1.09. The Morgan fingerprint density at radius 1 is 1.06 bits per heavy atom. The summed E-state index contributed by atoms with van der Waals surface area (Å²) in [6.45, 7) is 12.7. The van der Waals surface area contributed by atoms with Gasteiger partial charge < -0.3 is 4.74 Å². The van der Waals surface area contributed by atoms with Crippen molar-refractivity contribution in [3.05, 3.63) is 0 Å². The number of nitrogens with zero attached hydrogens (tertiary/aromatic N) is 1. The summed E-state index contributed by atoms with van der Waals surface area (Å²) >= 11 is 0. The van der Waals surface area contributed by atoms with Gasteiger partial charge in [-0.15, -0.1) is 0 Å². The van der Waals surface area contributed by atoms with Gasteiger partial charge in [0.2, 0.25) is 0 Å². The van der Waals surface area contributed by atoms with Crippen LogP contribution in [0.1, 0.15) is 34.6 Å². The molecule has 0 atom stereocenters. The van der Waals surface area contributed by atoms with E-state index in [1.165, 1.54) is 0 Å². The average Bonchev–Trinajstić information content (AvgIpc) is 2.20. The molecule has 100 valence electrons. The molecular formula is C11H24F3NO. The number of hydrogen-bond donors (Lipinski definition) is 0. The number of alkyl halides is 3. The van der Waals surface area contributed by atoms with Gasteiger partial charge in [0.15, 0.2) is 0 Å². The van der Waals surface area contributed by atoms with E-state index in [2.05, 4.69) is 18.7 Å². The maximum Gasteiger partial charge on any atom is 0.386 e. The first kappa shape index (κ1) is 18.1. The molecule has 0 aromatic heterocycles. The molecule has 16 heavy (non-hydrogen) atoms. The van der Waals surface area contributed by atoms with Gasteiger partial charge in [-0.05, 0) is 13.8 Å². The highest BCUT2D eigenvalue weighted by molar-refractivity contribution is 4.64. The van der Waals surface area contributed by atoms with Crippen LogP contribution in [0.5, 0.6) is 0 Å². The third-order valence-electron chi connectivity index (χ3n) is 1.78. The largest absolute Gasteiger partial charge is 0.386 e. The van der Waals surface area contributed by atoms with E-state index in [9.17, 15) is 13.2 Å². The van der Waals surface area contributed by atoms with Crippen molar-refractivity contribution in [1.29, 1.82) is 0 Å². The third kappa shape index (κ3) is 16.2. The Morgan fingerprint density at radius 3 is 1.56 bits per heavy atom. The van der Waals surface area contributed by atoms with Crippen LogP contribution in [-0.4, -0.2) is 43.4 Å². The van der Waals surface area contributed by atoms with Crippen LogP contribution < -0.4 is 0 Å². The minimum Gasteiger partial charge on any atom is -0.379 e. The van der Waals surface area contributed by atoms with E-state index in [0.717, 1.165) is 26.3 Å². The summed E-state index contributed by atoms with van der Waals surface area (Å²) in [7, 11) is 0. The first-order valence-electron chi connectivity index (χ1n) is 5.69. The van der Waals surface area contributed by atoms with Crippen molar-refractivity contribution in [2.24, 2.45) is 0 Å². The van der Waals surface area contributed by atoms with Crippen LogP contribution in [0.4, 0.5) is 13.2 Å². The fraction of sp³-hybridized carbons (Fsp3) is 1.00. The van der Waals surface area contributed by atoms with Gasteiger partial charge in [-0.1, -0.05) is 13.8 Å². The second-order valence-corrected chi connectivity index (χ2v) is 3.52. The van der Waals surface area contributed by atoms with E-state index < -0.39 is 6.18 Å². The lowest BCUT2D eigenvalue weighted by Crippen LogP contribution is -2.40. The first-order valence-corrected chi connectivity index (χ1v) is 5.69. The highest BCUT2D eigenvalue weighted by Crippen LogP contribution is 2.10. The van der Waals surface area contributed by atoms with E-state index in [1.54, 1.807) is 0 Å². The molecule has 1 rings (SSSR count). The number of halogens is 3. The van der Waals surface area contributed by atoms with Crippen molar-refractivity contribution in [2.45, 2.75) is 46.8 Å². The van der Waals surface area contributed by atoms with E-state index >= 15 is 0 Å². The van der Waals surface area contributed by atoms with E-state index in [4.69, 9.17) is 4.74 Å². The normalized spacial score (nSPS) is 17.1. The Balaban J connectivity index is 0. The maximum absolute atomic E-state index is 10.4. The van der Waals surface area contributed by atoms with Gasteiger partial charge in [0.1, 0.15) is 0 Å². The molecule has 0 aromatic rings. The lowest BCUT2D eigenvalue weighted by Gasteiger charge is -2.29. The molecule has 0 radical (unpaired) electrons. The minimum absolute atomic E-state index is 0.188. The molecule has 0 unspecified atom stereocenters. The van der Waals surface area contributed by atoms with Crippen molar-refractivity contribution < 1.29 is 17.9 Å². The molecule has 0 bridgehead atoms. The maximum atomic E-state index is 10.4. The Hall–Kier alpha value is -0.290. The Bertz CT molecular complexity index is 137. The van der Waals surface area contributed by atoms with Gasteiger partial charge in [-0.3, -0.25) is 4.90 Å². The molecule has 1 aliphatic heterocycles. The molecule has 1 aliphatic rings. The van der Waals surface area contributed by atoms with Crippen molar-refractivity contribution in [3.63, 3.8) is 0 Å². The average molecular weight is 243 g/mol. The van der Waals surface area contributed by atoms with Gasteiger partial charge in [-0.2, -0.15) is 13.2 Å². The smallest absolute Gasteiger partial charge is 0.379 e. The van der Waals surface area contributed by atoms with E-state index in [1.807, 2.05) is 13.8 Å². The Morgan fingerprint density at radius 2 is 1.38 bits per heavy atom. The molecule has 1 heterocycles. The van der Waals surface area contributed by atoms with Crippen LogP contribution >= 0.6 is 0 Å². The monoisotopic (exact) mass is 243 g/mol. The molecule has 0 aromatic carbocycles. The summed E-state index contributed by atoms with van der Waals surface area (Å²) < 4.78 is 36.3. The molecule has 0 saturated carbocycles. The number of ether oxygens (including phenoxy) is 1. The lowest BCUT2D eigenvalue weighted by molar-refractivity contribution is -0.110. The first-order chi connectivity index (χ1) is 7.30. The summed E-state index contributed by atoms with van der Waals surface area (Å²) in [5.41, 5.74) is 0. The zero-order valence-electron chi connectivity index (χ0n) is 10.9. The van der Waals surface area contributed by atoms with E-state index in [0.29, 0.717) is 6.04 Å². The number of morpholine rings is 1. The molecule has 2 nitrogen and oxygen atoms in total. The summed E-state index contributed by atoms with van der Waals surface area (Å²) in [6, 6.07) is 0.689. The van der Waals surface area contributed by atoms with Crippen molar-refractivity contribution in [3.8, 4) is 0 Å².